The minimum absolute atomic E-state index is 0.0148. The molecule has 3 aliphatic heterocycles. The van der Waals surface area contributed by atoms with Gasteiger partial charge in [0.2, 0.25) is 0 Å². The summed E-state index contributed by atoms with van der Waals surface area (Å²) in [5.74, 6) is 0.249. The quantitative estimate of drug-likeness (QED) is 0.691. The molecule has 8 heteroatoms. The molecule has 1 aromatic rings. The number of ether oxygens (including phenoxy) is 1. The summed E-state index contributed by atoms with van der Waals surface area (Å²) in [6.45, 7) is 2.69. The fraction of sp³-hybridized carbons (Fsp3) is 0.611. The third-order valence-electron chi connectivity index (χ3n) is 6.27. The van der Waals surface area contributed by atoms with Gasteiger partial charge in [0, 0.05) is 13.1 Å². The number of nitrogens with zero attached hydrogens (tertiary/aromatic N) is 1. The third-order valence-corrected chi connectivity index (χ3v) is 6.27. The van der Waals surface area contributed by atoms with Crippen molar-refractivity contribution in [2.75, 3.05) is 19.6 Å². The molecule has 26 heavy (non-hydrogen) atoms. The molecule has 4 aliphatic rings. The Balaban J connectivity index is 1.31. The van der Waals surface area contributed by atoms with Crippen LogP contribution in [0.3, 0.4) is 0 Å². The number of hydrogen-bond donors (Lipinski definition) is 3. The zero-order chi connectivity index (χ0) is 17.9. The van der Waals surface area contributed by atoms with Crippen molar-refractivity contribution in [1.29, 1.82) is 0 Å². The molecule has 1 aliphatic carbocycles. The summed E-state index contributed by atoms with van der Waals surface area (Å²) < 4.78 is 11.4. The maximum absolute atomic E-state index is 11.8. The van der Waals surface area contributed by atoms with Gasteiger partial charge in [0.25, 0.3) is 0 Å². The van der Waals surface area contributed by atoms with Crippen LogP contribution < -0.4 is 14.7 Å². The van der Waals surface area contributed by atoms with E-state index in [4.69, 9.17) is 9.39 Å². The van der Waals surface area contributed by atoms with E-state index in [0.717, 1.165) is 31.1 Å². The highest BCUT2D eigenvalue weighted by Gasteiger charge is 2.61. The number of fused-ring (bicyclic) bond motifs is 2. The molecule has 2 saturated heterocycles. The predicted molar refractivity (Wildman–Crippen MR) is 94.6 cm³/mol. The monoisotopic (exact) mass is 358 g/mol. The summed E-state index contributed by atoms with van der Waals surface area (Å²) in [4.78, 5) is 14.2. The van der Waals surface area contributed by atoms with Crippen LogP contribution in [0.15, 0.2) is 12.1 Å². The van der Waals surface area contributed by atoms with E-state index in [1.165, 1.54) is 19.3 Å². The van der Waals surface area contributed by atoms with E-state index in [2.05, 4.69) is 10.2 Å². The fourth-order valence-electron chi connectivity index (χ4n) is 4.76. The van der Waals surface area contributed by atoms with Gasteiger partial charge in [-0.2, -0.15) is 0 Å². The Bertz CT molecular complexity index is 753. The predicted octanol–water partition coefficient (Wildman–Crippen LogP) is 0.963. The average molecular weight is 358 g/mol. The van der Waals surface area contributed by atoms with Crippen molar-refractivity contribution in [1.82, 2.24) is 10.2 Å². The van der Waals surface area contributed by atoms with Crippen molar-refractivity contribution >= 4 is 13.1 Å². The van der Waals surface area contributed by atoms with E-state index in [0.29, 0.717) is 18.5 Å². The van der Waals surface area contributed by atoms with E-state index in [1.807, 2.05) is 6.07 Å². The summed E-state index contributed by atoms with van der Waals surface area (Å²) in [7, 11) is -0.960. The number of rotatable bonds is 4. The lowest BCUT2D eigenvalue weighted by Crippen LogP contribution is -2.64. The van der Waals surface area contributed by atoms with Gasteiger partial charge in [0.1, 0.15) is 23.2 Å². The first-order valence-corrected chi connectivity index (χ1v) is 9.47. The Labute approximate surface area is 152 Å². The van der Waals surface area contributed by atoms with E-state index in [1.54, 1.807) is 6.07 Å². The maximum Gasteiger partial charge on any atom is 0.522 e. The molecule has 3 fully saturated rings. The molecule has 1 saturated carbocycles. The summed E-state index contributed by atoms with van der Waals surface area (Å²) in [6, 6.07) is 3.57. The minimum Gasteiger partial charge on any atom is -0.535 e. The van der Waals surface area contributed by atoms with Gasteiger partial charge < -0.3 is 19.5 Å². The van der Waals surface area contributed by atoms with Gasteiger partial charge in [-0.15, -0.1) is 0 Å². The van der Waals surface area contributed by atoms with Gasteiger partial charge in [0.15, 0.2) is 0 Å². The van der Waals surface area contributed by atoms with Crippen LogP contribution >= 0.6 is 0 Å². The molecule has 138 valence electrons. The van der Waals surface area contributed by atoms with Crippen LogP contribution in [0, 0.1) is 5.92 Å². The van der Waals surface area contributed by atoms with Crippen LogP contribution in [0.25, 0.3) is 0 Å². The van der Waals surface area contributed by atoms with E-state index in [9.17, 15) is 14.9 Å². The number of carboxylic acids is 1. The van der Waals surface area contributed by atoms with E-state index >= 15 is 0 Å². The van der Waals surface area contributed by atoms with Crippen molar-refractivity contribution < 1.29 is 24.3 Å². The second kappa shape index (κ2) is 5.87. The van der Waals surface area contributed by atoms with Crippen LogP contribution in [-0.4, -0.2) is 59.5 Å². The number of benzene rings is 1. The van der Waals surface area contributed by atoms with Gasteiger partial charge in [-0.1, -0.05) is 6.07 Å². The second-order valence-electron chi connectivity index (χ2n) is 7.88. The Hall–Kier alpha value is -1.77. The maximum atomic E-state index is 11.8. The number of carboxylic acid groups (broad SMARTS) is 1. The molecule has 0 spiro atoms. The lowest BCUT2D eigenvalue weighted by atomic mass is 9.78. The van der Waals surface area contributed by atoms with E-state index < -0.39 is 13.1 Å². The lowest BCUT2D eigenvalue weighted by molar-refractivity contribution is -0.0398. The first kappa shape index (κ1) is 16.4. The Morgan fingerprint density at radius 2 is 2.27 bits per heavy atom. The zero-order valence-corrected chi connectivity index (χ0v) is 14.6. The highest BCUT2D eigenvalue weighted by Crippen LogP contribution is 2.52. The van der Waals surface area contributed by atoms with Crippen molar-refractivity contribution in [3.8, 4) is 11.5 Å². The number of hydrogen-bond acceptors (Lipinski definition) is 6. The van der Waals surface area contributed by atoms with Crippen LogP contribution in [0.5, 0.6) is 11.5 Å². The van der Waals surface area contributed by atoms with Crippen molar-refractivity contribution in [2.24, 2.45) is 5.92 Å². The van der Waals surface area contributed by atoms with Crippen LogP contribution in [-0.2, 0) is 6.42 Å². The summed E-state index contributed by atoms with van der Waals surface area (Å²) in [6.07, 6.45) is 4.82. The SMILES string of the molecule is O=C(O)c1c(OC2CN(C34C[C@@H]3CCCN4)C2)ccc2c1OB(O)CC2. The Kier molecular flexibility index (Phi) is 3.71. The molecular weight excluding hydrogens is 335 g/mol. The molecule has 2 atom stereocenters. The van der Waals surface area contributed by atoms with E-state index in [-0.39, 0.29) is 23.1 Å². The van der Waals surface area contributed by atoms with Crippen LogP contribution in [0.2, 0.25) is 6.32 Å². The molecule has 0 amide bonds. The number of piperidine rings is 1. The molecule has 3 N–H and O–H groups in total. The highest BCUT2D eigenvalue weighted by molar-refractivity contribution is 6.44. The average Bonchev–Trinajstić information content (AvgIpc) is 3.32. The molecule has 1 unspecified atom stereocenters. The largest absolute Gasteiger partial charge is 0.535 e. The summed E-state index contributed by atoms with van der Waals surface area (Å²) in [5.41, 5.74) is 1.01. The topological polar surface area (TPSA) is 91.3 Å². The zero-order valence-electron chi connectivity index (χ0n) is 14.6. The third kappa shape index (κ3) is 2.51. The number of aryl methyl sites for hydroxylation is 1. The second-order valence-corrected chi connectivity index (χ2v) is 7.88. The summed E-state index contributed by atoms with van der Waals surface area (Å²) in [5, 5.41) is 23.0. The van der Waals surface area contributed by atoms with Crippen molar-refractivity contribution in [3.63, 3.8) is 0 Å². The van der Waals surface area contributed by atoms with Crippen molar-refractivity contribution in [3.05, 3.63) is 23.3 Å². The lowest BCUT2D eigenvalue weighted by Gasteiger charge is -2.46. The molecule has 3 heterocycles. The number of likely N-dealkylation sites (tertiary alicyclic amines) is 1. The fourth-order valence-corrected chi connectivity index (χ4v) is 4.76. The molecule has 0 bridgehead atoms. The number of aromatic carboxylic acids is 1. The highest BCUT2D eigenvalue weighted by atomic mass is 16.5. The van der Waals surface area contributed by atoms with Gasteiger partial charge in [-0.25, -0.2) is 4.79 Å². The Morgan fingerprint density at radius 1 is 1.42 bits per heavy atom. The molecular formula is C18H23BN2O5. The normalized spacial score (nSPS) is 30.7. The summed E-state index contributed by atoms with van der Waals surface area (Å²) >= 11 is 0. The molecule has 5 rings (SSSR count). The first-order chi connectivity index (χ1) is 12.6. The number of carbonyl (C=O) groups is 1. The van der Waals surface area contributed by atoms with Crippen LogP contribution in [0.4, 0.5) is 0 Å². The van der Waals surface area contributed by atoms with Gasteiger partial charge in [-0.3, -0.25) is 10.2 Å². The van der Waals surface area contributed by atoms with Gasteiger partial charge in [-0.05, 0) is 56.1 Å². The molecule has 0 aromatic heterocycles. The molecule has 1 aromatic carbocycles. The van der Waals surface area contributed by atoms with Crippen molar-refractivity contribution in [2.45, 2.75) is 43.8 Å². The van der Waals surface area contributed by atoms with Crippen LogP contribution in [0.1, 0.15) is 35.2 Å². The molecule has 7 nitrogen and oxygen atoms in total. The standard InChI is InChI=1S/C18H23BN2O5/c22-17(23)15-14(4-3-11-5-6-19(24)26-16(11)15)25-13-9-21(10-13)18-8-12(18)2-1-7-20-18/h3-4,12-13,20,24H,1-2,5-10H2,(H,22,23)/t12-,18?/m0/s1. The smallest absolute Gasteiger partial charge is 0.522 e. The van der Waals surface area contributed by atoms with Gasteiger partial charge >= 0.3 is 13.1 Å². The first-order valence-electron chi connectivity index (χ1n) is 9.47. The van der Waals surface area contributed by atoms with Gasteiger partial charge in [0.05, 0.1) is 5.66 Å². The number of nitrogens with one attached hydrogen (secondary N) is 1. The Morgan fingerprint density at radius 3 is 3.04 bits per heavy atom. The molecule has 0 radical (unpaired) electrons. The minimum atomic E-state index is -1.09.